The largest absolute Gasteiger partial charge is 0.481 e. The number of rotatable bonds is 4. The Morgan fingerprint density at radius 2 is 2.23 bits per heavy atom. The zero-order valence-electron chi connectivity index (χ0n) is 12.8. The summed E-state index contributed by atoms with van der Waals surface area (Å²) in [6.07, 6.45) is 1.23. The predicted octanol–water partition coefficient (Wildman–Crippen LogP) is 2.89. The lowest BCUT2D eigenvalue weighted by Gasteiger charge is -2.23. The summed E-state index contributed by atoms with van der Waals surface area (Å²) in [6, 6.07) is 7.77. The van der Waals surface area contributed by atoms with Crippen molar-refractivity contribution in [3.05, 3.63) is 34.3 Å². The van der Waals surface area contributed by atoms with Gasteiger partial charge in [0.25, 0.3) is 0 Å². The van der Waals surface area contributed by atoms with Crippen LogP contribution in [0.2, 0.25) is 0 Å². The van der Waals surface area contributed by atoms with E-state index in [4.69, 9.17) is 0 Å². The summed E-state index contributed by atoms with van der Waals surface area (Å²) < 4.78 is 1.01. The van der Waals surface area contributed by atoms with Crippen LogP contribution in [0.4, 0.5) is 4.79 Å². The fourth-order valence-electron chi connectivity index (χ4n) is 2.68. The second kappa shape index (κ2) is 6.69. The van der Waals surface area contributed by atoms with E-state index in [-0.39, 0.29) is 18.6 Å². The first-order chi connectivity index (χ1) is 10.3. The molecule has 0 radical (unpaired) electrons. The molecule has 1 aliphatic rings. The van der Waals surface area contributed by atoms with Crippen molar-refractivity contribution in [3.63, 3.8) is 0 Å². The smallest absolute Gasteiger partial charge is 0.317 e. The molecule has 6 heteroatoms. The number of carbonyl (C=O) groups excluding carboxylic acids is 1. The molecule has 0 aromatic heterocycles. The topological polar surface area (TPSA) is 69.6 Å². The third kappa shape index (κ3) is 4.00. The van der Waals surface area contributed by atoms with Crippen LogP contribution in [0.1, 0.15) is 25.8 Å². The molecule has 2 atom stereocenters. The molecule has 1 saturated heterocycles. The van der Waals surface area contributed by atoms with E-state index in [0.717, 1.165) is 16.5 Å². The van der Waals surface area contributed by atoms with Crippen LogP contribution in [0.15, 0.2) is 28.7 Å². The highest BCUT2D eigenvalue weighted by molar-refractivity contribution is 9.10. The Labute approximate surface area is 138 Å². The van der Waals surface area contributed by atoms with Crippen molar-refractivity contribution < 1.29 is 14.7 Å². The number of hydrogen-bond acceptors (Lipinski definition) is 2. The monoisotopic (exact) mass is 368 g/mol. The fraction of sp³-hybridized carbons (Fsp3) is 0.500. The number of benzene rings is 1. The van der Waals surface area contributed by atoms with Crippen LogP contribution < -0.4 is 5.32 Å². The second-order valence-electron chi connectivity index (χ2n) is 6.22. The van der Waals surface area contributed by atoms with Crippen molar-refractivity contribution >= 4 is 27.9 Å². The van der Waals surface area contributed by atoms with E-state index in [9.17, 15) is 14.7 Å². The van der Waals surface area contributed by atoms with Gasteiger partial charge in [-0.25, -0.2) is 4.79 Å². The minimum absolute atomic E-state index is 0.0153. The first-order valence-corrected chi connectivity index (χ1v) is 8.13. The van der Waals surface area contributed by atoms with Gasteiger partial charge in [-0.15, -0.1) is 0 Å². The number of carboxylic acid groups (broad SMARTS) is 1. The number of amides is 2. The summed E-state index contributed by atoms with van der Waals surface area (Å²) in [7, 11) is 0. The number of nitrogens with zero attached hydrogens (tertiary/aromatic N) is 1. The molecule has 22 heavy (non-hydrogen) atoms. The van der Waals surface area contributed by atoms with Gasteiger partial charge >= 0.3 is 12.0 Å². The van der Waals surface area contributed by atoms with Gasteiger partial charge in [-0.05, 0) is 44.4 Å². The molecule has 1 aliphatic heterocycles. The molecule has 0 saturated carbocycles. The van der Waals surface area contributed by atoms with Crippen molar-refractivity contribution in [1.82, 2.24) is 10.2 Å². The lowest BCUT2D eigenvalue weighted by atomic mass is 9.90. The Hall–Kier alpha value is -1.56. The predicted molar refractivity (Wildman–Crippen MR) is 87.8 cm³/mol. The SMILES string of the molecule is CC(Cc1cccc(Br)c1)NC(=O)N1CCC(C)(C(=O)O)C1. The zero-order valence-corrected chi connectivity index (χ0v) is 14.4. The molecule has 2 unspecified atom stereocenters. The van der Waals surface area contributed by atoms with Crippen LogP contribution in [0.3, 0.4) is 0 Å². The molecular formula is C16H21BrN2O3. The van der Waals surface area contributed by atoms with Gasteiger partial charge in [0.05, 0.1) is 5.41 Å². The number of aliphatic carboxylic acids is 1. The van der Waals surface area contributed by atoms with Crippen molar-refractivity contribution in [2.45, 2.75) is 32.7 Å². The number of urea groups is 1. The van der Waals surface area contributed by atoms with Gasteiger partial charge in [0.2, 0.25) is 0 Å². The number of halogens is 1. The number of nitrogens with one attached hydrogen (secondary N) is 1. The summed E-state index contributed by atoms with van der Waals surface area (Å²) in [5.41, 5.74) is 0.309. The maximum Gasteiger partial charge on any atom is 0.317 e. The number of carbonyl (C=O) groups is 2. The van der Waals surface area contributed by atoms with E-state index < -0.39 is 11.4 Å². The summed E-state index contributed by atoms with van der Waals surface area (Å²) in [5.74, 6) is -0.843. The molecule has 0 spiro atoms. The van der Waals surface area contributed by atoms with Crippen molar-refractivity contribution in [2.24, 2.45) is 5.41 Å². The molecule has 1 aromatic rings. The average Bonchev–Trinajstić information content (AvgIpc) is 2.83. The van der Waals surface area contributed by atoms with Gasteiger partial charge in [0.1, 0.15) is 0 Å². The standard InChI is InChI=1S/C16H21BrN2O3/c1-11(8-12-4-3-5-13(17)9-12)18-15(22)19-7-6-16(2,10-19)14(20)21/h3-5,9,11H,6-8,10H2,1-2H3,(H,18,22)(H,20,21). The Bertz CT molecular complexity index is 578. The van der Waals surface area contributed by atoms with Crippen LogP contribution in [-0.4, -0.2) is 41.1 Å². The Balaban J connectivity index is 1.88. The molecule has 1 fully saturated rings. The van der Waals surface area contributed by atoms with E-state index in [1.54, 1.807) is 11.8 Å². The van der Waals surface area contributed by atoms with Crippen LogP contribution in [-0.2, 0) is 11.2 Å². The molecule has 0 bridgehead atoms. The molecule has 1 heterocycles. The Kier molecular flexibility index (Phi) is 5.11. The third-order valence-electron chi connectivity index (χ3n) is 4.08. The zero-order chi connectivity index (χ0) is 16.3. The molecule has 2 rings (SSSR count). The van der Waals surface area contributed by atoms with Gasteiger partial charge in [-0.3, -0.25) is 4.79 Å². The summed E-state index contributed by atoms with van der Waals surface area (Å²) in [6.45, 7) is 4.38. The maximum atomic E-state index is 12.2. The second-order valence-corrected chi connectivity index (χ2v) is 7.14. The summed E-state index contributed by atoms with van der Waals surface area (Å²) in [4.78, 5) is 25.0. The third-order valence-corrected chi connectivity index (χ3v) is 4.57. The molecular weight excluding hydrogens is 348 g/mol. The van der Waals surface area contributed by atoms with E-state index in [1.807, 2.05) is 31.2 Å². The molecule has 120 valence electrons. The maximum absolute atomic E-state index is 12.2. The average molecular weight is 369 g/mol. The van der Waals surface area contributed by atoms with Crippen LogP contribution in [0, 0.1) is 5.41 Å². The van der Waals surface area contributed by atoms with E-state index >= 15 is 0 Å². The van der Waals surface area contributed by atoms with Gasteiger partial charge in [-0.1, -0.05) is 28.1 Å². The van der Waals surface area contributed by atoms with Crippen LogP contribution >= 0.6 is 15.9 Å². The number of likely N-dealkylation sites (tertiary alicyclic amines) is 1. The van der Waals surface area contributed by atoms with Crippen LogP contribution in [0.5, 0.6) is 0 Å². The minimum Gasteiger partial charge on any atom is -0.481 e. The van der Waals surface area contributed by atoms with Gasteiger partial charge < -0.3 is 15.3 Å². The Morgan fingerprint density at radius 3 is 2.82 bits per heavy atom. The molecule has 2 amide bonds. The fourth-order valence-corrected chi connectivity index (χ4v) is 3.13. The normalized spacial score (nSPS) is 22.4. The Morgan fingerprint density at radius 1 is 1.50 bits per heavy atom. The van der Waals surface area contributed by atoms with E-state index in [0.29, 0.717) is 13.0 Å². The molecule has 5 nitrogen and oxygen atoms in total. The molecule has 1 aromatic carbocycles. The summed E-state index contributed by atoms with van der Waals surface area (Å²) in [5, 5.41) is 12.2. The highest BCUT2D eigenvalue weighted by atomic mass is 79.9. The quantitative estimate of drug-likeness (QED) is 0.858. The van der Waals surface area contributed by atoms with Crippen molar-refractivity contribution in [1.29, 1.82) is 0 Å². The first kappa shape index (κ1) is 16.8. The lowest BCUT2D eigenvalue weighted by Crippen LogP contribution is -2.44. The van der Waals surface area contributed by atoms with E-state index in [1.165, 1.54) is 0 Å². The summed E-state index contributed by atoms with van der Waals surface area (Å²) >= 11 is 3.43. The van der Waals surface area contributed by atoms with Gasteiger partial charge in [0.15, 0.2) is 0 Å². The molecule has 2 N–H and O–H groups in total. The van der Waals surface area contributed by atoms with Crippen molar-refractivity contribution in [2.75, 3.05) is 13.1 Å². The van der Waals surface area contributed by atoms with Crippen LogP contribution in [0.25, 0.3) is 0 Å². The molecule has 0 aliphatic carbocycles. The van der Waals surface area contributed by atoms with E-state index in [2.05, 4.69) is 21.2 Å². The highest BCUT2D eigenvalue weighted by Crippen LogP contribution is 2.30. The van der Waals surface area contributed by atoms with Crippen molar-refractivity contribution in [3.8, 4) is 0 Å². The number of carboxylic acids is 1. The number of hydrogen-bond donors (Lipinski definition) is 2. The van der Waals surface area contributed by atoms with Gasteiger partial charge in [0, 0.05) is 23.6 Å². The van der Waals surface area contributed by atoms with Gasteiger partial charge in [-0.2, -0.15) is 0 Å². The first-order valence-electron chi connectivity index (χ1n) is 7.33. The minimum atomic E-state index is -0.843. The lowest BCUT2D eigenvalue weighted by molar-refractivity contribution is -0.146. The highest BCUT2D eigenvalue weighted by Gasteiger charge is 2.42.